The van der Waals surface area contributed by atoms with E-state index < -0.39 is 0 Å². The minimum atomic E-state index is -0.301. The molecular formula is C6H12O3. The molecule has 0 rings (SSSR count). The van der Waals surface area contributed by atoms with Gasteiger partial charge in [0.2, 0.25) is 0 Å². The Morgan fingerprint density at radius 2 is 2.44 bits per heavy atom. The molecule has 0 aliphatic rings. The quantitative estimate of drug-likeness (QED) is 0.427. The monoisotopic (exact) mass is 132 g/mol. The molecule has 1 unspecified atom stereocenters. The van der Waals surface area contributed by atoms with E-state index in [4.69, 9.17) is 9.84 Å². The van der Waals surface area contributed by atoms with Gasteiger partial charge in [-0.2, -0.15) is 0 Å². The van der Waals surface area contributed by atoms with E-state index in [1.165, 1.54) is 13.2 Å². The van der Waals surface area contributed by atoms with Gasteiger partial charge in [0, 0.05) is 7.11 Å². The van der Waals surface area contributed by atoms with Crippen LogP contribution in [0.15, 0.2) is 12.7 Å². The van der Waals surface area contributed by atoms with E-state index in [0.717, 1.165) is 0 Å². The summed E-state index contributed by atoms with van der Waals surface area (Å²) in [5, 5.41) is 8.50. The van der Waals surface area contributed by atoms with Crippen LogP contribution >= 0.6 is 0 Å². The third-order valence-corrected chi connectivity index (χ3v) is 0.843. The third kappa shape index (κ3) is 4.14. The number of ether oxygens (including phenoxy) is 2. The molecule has 3 heteroatoms. The van der Waals surface area contributed by atoms with Crippen LogP contribution in [0.1, 0.15) is 0 Å². The number of methoxy groups -OCH3 is 1. The molecule has 3 nitrogen and oxygen atoms in total. The second kappa shape index (κ2) is 5.75. The Labute approximate surface area is 54.9 Å². The molecule has 1 N–H and O–H groups in total. The van der Waals surface area contributed by atoms with Crippen LogP contribution in [0.2, 0.25) is 0 Å². The lowest BCUT2D eigenvalue weighted by Gasteiger charge is -2.08. The van der Waals surface area contributed by atoms with Crippen molar-refractivity contribution in [2.75, 3.05) is 20.5 Å². The van der Waals surface area contributed by atoms with Crippen LogP contribution in [0.4, 0.5) is 0 Å². The summed E-state index contributed by atoms with van der Waals surface area (Å²) in [6.45, 7) is 3.59. The Hall–Kier alpha value is -0.380. The second-order valence-corrected chi connectivity index (χ2v) is 1.53. The molecule has 0 amide bonds. The van der Waals surface area contributed by atoms with E-state index in [9.17, 15) is 0 Å². The van der Waals surface area contributed by atoms with Crippen LogP contribution in [0.5, 0.6) is 0 Å². The molecule has 0 bridgehead atoms. The summed E-state index contributed by atoms with van der Waals surface area (Å²) in [7, 11) is 1.53. The minimum absolute atomic E-state index is 0.0488. The predicted octanol–water partition coefficient (Wildman–Crippen LogP) is 0.154. The summed E-state index contributed by atoms with van der Waals surface area (Å²) in [6.07, 6.45) is 1.23. The highest BCUT2D eigenvalue weighted by Crippen LogP contribution is 1.90. The molecule has 9 heavy (non-hydrogen) atoms. The summed E-state index contributed by atoms with van der Waals surface area (Å²) in [5.41, 5.74) is 0. The molecule has 0 saturated heterocycles. The van der Waals surface area contributed by atoms with Crippen molar-refractivity contribution in [3.63, 3.8) is 0 Å². The Bertz CT molecular complexity index is 72.7. The van der Waals surface area contributed by atoms with Gasteiger partial charge < -0.3 is 14.6 Å². The molecule has 0 aromatic heterocycles. The van der Waals surface area contributed by atoms with Crippen LogP contribution in [-0.2, 0) is 9.47 Å². The first kappa shape index (κ1) is 8.62. The molecule has 0 radical (unpaired) electrons. The molecule has 0 aromatic carbocycles. The van der Waals surface area contributed by atoms with Crippen molar-refractivity contribution in [2.45, 2.75) is 6.10 Å². The molecule has 0 saturated carbocycles. The lowest BCUT2D eigenvalue weighted by molar-refractivity contribution is -0.0692. The first-order chi connectivity index (χ1) is 4.35. The average Bonchev–Trinajstić information content (AvgIpc) is 1.91. The number of aliphatic hydroxyl groups excluding tert-OH is 1. The van der Waals surface area contributed by atoms with E-state index in [1.54, 1.807) is 0 Å². The highest BCUT2D eigenvalue weighted by Gasteiger charge is 1.98. The van der Waals surface area contributed by atoms with Gasteiger partial charge in [-0.1, -0.05) is 6.08 Å². The molecule has 0 spiro atoms. The molecular weight excluding hydrogens is 120 g/mol. The minimum Gasteiger partial charge on any atom is -0.393 e. The predicted molar refractivity (Wildman–Crippen MR) is 34.0 cm³/mol. The van der Waals surface area contributed by atoms with Crippen LogP contribution in [0.25, 0.3) is 0 Å². The van der Waals surface area contributed by atoms with Gasteiger partial charge in [-0.15, -0.1) is 6.58 Å². The average molecular weight is 132 g/mol. The fourth-order valence-corrected chi connectivity index (χ4v) is 0.351. The SMILES string of the molecule is C=CC(CO)OCOC. The smallest absolute Gasteiger partial charge is 0.147 e. The fourth-order valence-electron chi connectivity index (χ4n) is 0.351. The Morgan fingerprint density at radius 3 is 2.78 bits per heavy atom. The van der Waals surface area contributed by atoms with Crippen molar-refractivity contribution in [1.82, 2.24) is 0 Å². The first-order valence-electron chi connectivity index (χ1n) is 2.69. The molecule has 0 fully saturated rings. The molecule has 0 aliphatic carbocycles. The number of hydrogen-bond acceptors (Lipinski definition) is 3. The van der Waals surface area contributed by atoms with E-state index in [-0.39, 0.29) is 19.5 Å². The van der Waals surface area contributed by atoms with E-state index in [2.05, 4.69) is 11.3 Å². The largest absolute Gasteiger partial charge is 0.393 e. The van der Waals surface area contributed by atoms with Crippen LogP contribution in [-0.4, -0.2) is 31.7 Å². The zero-order valence-electron chi connectivity index (χ0n) is 5.54. The van der Waals surface area contributed by atoms with E-state index in [0.29, 0.717) is 0 Å². The zero-order valence-corrected chi connectivity index (χ0v) is 5.54. The number of hydrogen-bond donors (Lipinski definition) is 1. The van der Waals surface area contributed by atoms with Crippen LogP contribution in [0.3, 0.4) is 0 Å². The summed E-state index contributed by atoms with van der Waals surface area (Å²) < 4.78 is 9.49. The Kier molecular flexibility index (Phi) is 5.51. The molecule has 0 aromatic rings. The Morgan fingerprint density at radius 1 is 1.78 bits per heavy atom. The number of aliphatic hydroxyl groups is 1. The fraction of sp³-hybridized carbons (Fsp3) is 0.667. The van der Waals surface area contributed by atoms with Gasteiger partial charge in [0.1, 0.15) is 12.9 Å². The molecule has 0 heterocycles. The molecule has 1 atom stereocenters. The standard InChI is InChI=1S/C6H12O3/c1-3-6(4-7)9-5-8-2/h3,6-7H,1,4-5H2,2H3. The summed E-state index contributed by atoms with van der Waals surface area (Å²) in [5.74, 6) is 0. The highest BCUT2D eigenvalue weighted by atomic mass is 16.7. The zero-order chi connectivity index (χ0) is 7.11. The highest BCUT2D eigenvalue weighted by molar-refractivity contribution is 4.78. The lowest BCUT2D eigenvalue weighted by Crippen LogP contribution is -2.15. The summed E-state index contributed by atoms with van der Waals surface area (Å²) >= 11 is 0. The first-order valence-corrected chi connectivity index (χ1v) is 2.69. The van der Waals surface area contributed by atoms with Crippen LogP contribution in [0, 0.1) is 0 Å². The van der Waals surface area contributed by atoms with Gasteiger partial charge in [0.05, 0.1) is 6.61 Å². The summed E-state index contributed by atoms with van der Waals surface area (Å²) in [4.78, 5) is 0. The van der Waals surface area contributed by atoms with Crippen molar-refractivity contribution in [2.24, 2.45) is 0 Å². The van der Waals surface area contributed by atoms with Crippen molar-refractivity contribution in [3.05, 3.63) is 12.7 Å². The molecule has 54 valence electrons. The van der Waals surface area contributed by atoms with Crippen molar-refractivity contribution >= 4 is 0 Å². The van der Waals surface area contributed by atoms with Gasteiger partial charge in [0.25, 0.3) is 0 Å². The van der Waals surface area contributed by atoms with Crippen molar-refractivity contribution in [3.8, 4) is 0 Å². The second-order valence-electron chi connectivity index (χ2n) is 1.53. The Balaban J connectivity index is 3.20. The summed E-state index contributed by atoms with van der Waals surface area (Å²) in [6, 6.07) is 0. The number of rotatable bonds is 5. The van der Waals surface area contributed by atoms with E-state index >= 15 is 0 Å². The maximum atomic E-state index is 8.50. The topological polar surface area (TPSA) is 38.7 Å². The maximum Gasteiger partial charge on any atom is 0.147 e. The maximum absolute atomic E-state index is 8.50. The molecule has 0 aliphatic heterocycles. The van der Waals surface area contributed by atoms with Gasteiger partial charge in [-0.25, -0.2) is 0 Å². The van der Waals surface area contributed by atoms with Crippen LogP contribution < -0.4 is 0 Å². The van der Waals surface area contributed by atoms with Gasteiger partial charge in [-0.3, -0.25) is 0 Å². The lowest BCUT2D eigenvalue weighted by atomic mass is 10.4. The van der Waals surface area contributed by atoms with Gasteiger partial charge in [0.15, 0.2) is 0 Å². The van der Waals surface area contributed by atoms with Crippen molar-refractivity contribution in [1.29, 1.82) is 0 Å². The third-order valence-electron chi connectivity index (χ3n) is 0.843. The van der Waals surface area contributed by atoms with Crippen molar-refractivity contribution < 1.29 is 14.6 Å². The van der Waals surface area contributed by atoms with Gasteiger partial charge >= 0.3 is 0 Å². The van der Waals surface area contributed by atoms with Gasteiger partial charge in [-0.05, 0) is 0 Å². The normalized spacial score (nSPS) is 13.1. The van der Waals surface area contributed by atoms with E-state index in [1.807, 2.05) is 0 Å².